The first-order valence-electron chi connectivity index (χ1n) is 23.3. The van der Waals surface area contributed by atoms with Crippen molar-refractivity contribution in [2.75, 3.05) is 4.90 Å². The summed E-state index contributed by atoms with van der Waals surface area (Å²) in [5.74, 6) is 0.924. The van der Waals surface area contributed by atoms with E-state index in [9.17, 15) is 0 Å². The van der Waals surface area contributed by atoms with Gasteiger partial charge in [-0.2, -0.15) is 0 Å². The molecule has 2 heterocycles. The molecular formula is C62H50N4. The van der Waals surface area contributed by atoms with Gasteiger partial charge in [-0.05, 0) is 119 Å². The molecule has 0 saturated carbocycles. The van der Waals surface area contributed by atoms with Crippen molar-refractivity contribution in [3.05, 3.63) is 230 Å². The lowest BCUT2D eigenvalue weighted by molar-refractivity contribution is 0.959. The van der Waals surface area contributed by atoms with Gasteiger partial charge in [0.1, 0.15) is 16.9 Å². The van der Waals surface area contributed by atoms with Crippen LogP contribution in [0.15, 0.2) is 218 Å². The van der Waals surface area contributed by atoms with Gasteiger partial charge in [0.25, 0.3) is 0 Å². The summed E-state index contributed by atoms with van der Waals surface area (Å²) < 4.78 is 2.37. The Morgan fingerprint density at radius 2 is 1.03 bits per heavy atom. The van der Waals surface area contributed by atoms with Gasteiger partial charge in [-0.25, -0.2) is 9.97 Å². The molecule has 0 unspecified atom stereocenters. The van der Waals surface area contributed by atoms with Crippen molar-refractivity contribution in [2.45, 2.75) is 39.5 Å². The summed E-state index contributed by atoms with van der Waals surface area (Å²) in [7, 11) is 0. The maximum absolute atomic E-state index is 5.48. The van der Waals surface area contributed by atoms with Crippen molar-refractivity contribution in [3.8, 4) is 56.0 Å². The number of aromatic nitrogens is 3. The molecule has 4 heteroatoms. The minimum Gasteiger partial charge on any atom is -0.310 e. The Morgan fingerprint density at radius 3 is 1.68 bits per heavy atom. The van der Waals surface area contributed by atoms with Crippen molar-refractivity contribution in [1.82, 2.24) is 14.5 Å². The lowest BCUT2D eigenvalue weighted by Crippen LogP contribution is -2.10. The molecule has 0 aliphatic heterocycles. The molecule has 1 aliphatic carbocycles. The molecule has 0 atom stereocenters. The summed E-state index contributed by atoms with van der Waals surface area (Å²) in [4.78, 5) is 13.2. The van der Waals surface area contributed by atoms with Crippen LogP contribution >= 0.6 is 0 Å². The van der Waals surface area contributed by atoms with Crippen molar-refractivity contribution >= 4 is 44.7 Å². The molecule has 1 aliphatic rings. The number of hydrogen-bond donors (Lipinski definition) is 0. The van der Waals surface area contributed by atoms with E-state index in [2.05, 4.69) is 242 Å². The minimum absolute atomic E-state index is 0.922. The number of hydrogen-bond acceptors (Lipinski definition) is 3. The Kier molecular flexibility index (Phi) is 11.0. The smallest absolute Gasteiger partial charge is 0.145 e. The van der Waals surface area contributed by atoms with E-state index < -0.39 is 0 Å². The highest BCUT2D eigenvalue weighted by Crippen LogP contribution is 2.42. The van der Waals surface area contributed by atoms with E-state index in [0.29, 0.717) is 0 Å². The summed E-state index contributed by atoms with van der Waals surface area (Å²) >= 11 is 0. The normalized spacial score (nSPS) is 12.4. The van der Waals surface area contributed by atoms with E-state index in [-0.39, 0.29) is 0 Å². The van der Waals surface area contributed by atoms with E-state index in [4.69, 9.17) is 9.97 Å². The lowest BCUT2D eigenvalue weighted by atomic mass is 9.92. The van der Waals surface area contributed by atoms with Gasteiger partial charge in [-0.15, -0.1) is 0 Å². The second-order valence-electron chi connectivity index (χ2n) is 17.0. The van der Waals surface area contributed by atoms with Crippen LogP contribution in [0.25, 0.3) is 83.7 Å². The third-order valence-electron chi connectivity index (χ3n) is 13.1. The van der Waals surface area contributed by atoms with Crippen molar-refractivity contribution in [1.29, 1.82) is 0 Å². The van der Waals surface area contributed by atoms with Gasteiger partial charge in [0.2, 0.25) is 0 Å². The zero-order valence-electron chi connectivity index (χ0n) is 37.4. The van der Waals surface area contributed by atoms with Gasteiger partial charge in [-0.3, -0.25) is 4.57 Å². The molecule has 11 rings (SSSR count). The predicted octanol–water partition coefficient (Wildman–Crippen LogP) is 16.7. The minimum atomic E-state index is 0.922. The van der Waals surface area contributed by atoms with Gasteiger partial charge >= 0.3 is 0 Å². The van der Waals surface area contributed by atoms with Crippen LogP contribution in [0.5, 0.6) is 0 Å². The molecule has 0 spiro atoms. The zero-order chi connectivity index (χ0) is 44.4. The topological polar surface area (TPSA) is 34.0 Å². The van der Waals surface area contributed by atoms with Gasteiger partial charge in [0.15, 0.2) is 0 Å². The SMILES string of the molecule is CCc1ccccc1-c1ccc(N(c2ccc(-c3ccccc3)cc2)c2ccc(-c3ccc(-c4nc5c6ccccc6nc(-c6ccccc6)c5n4C4=CC=CCC4)cc3)cc2)cc1CC. The number of imidazole rings is 1. The number of anilines is 3. The van der Waals surface area contributed by atoms with Crippen LogP contribution in [0.2, 0.25) is 0 Å². The molecule has 66 heavy (non-hydrogen) atoms. The fraction of sp³-hybridized carbons (Fsp3) is 0.0968. The molecule has 0 amide bonds. The largest absolute Gasteiger partial charge is 0.310 e. The van der Waals surface area contributed by atoms with Crippen LogP contribution in [-0.4, -0.2) is 14.5 Å². The van der Waals surface area contributed by atoms with E-state index >= 15 is 0 Å². The van der Waals surface area contributed by atoms with Crippen LogP contribution in [0.4, 0.5) is 17.1 Å². The van der Waals surface area contributed by atoms with Crippen LogP contribution in [0.3, 0.4) is 0 Å². The summed E-state index contributed by atoms with van der Waals surface area (Å²) in [5.41, 5.74) is 20.7. The molecule has 10 aromatic rings. The highest BCUT2D eigenvalue weighted by molar-refractivity contribution is 6.10. The highest BCUT2D eigenvalue weighted by Gasteiger charge is 2.23. The number of allylic oxidation sites excluding steroid dienone is 4. The van der Waals surface area contributed by atoms with Gasteiger partial charge in [0, 0.05) is 39.3 Å². The molecule has 318 valence electrons. The average Bonchev–Trinajstić information content (AvgIpc) is 3.81. The molecule has 8 aromatic carbocycles. The number of rotatable bonds is 11. The summed E-state index contributed by atoms with van der Waals surface area (Å²) in [6, 6.07) is 72.2. The number of aryl methyl sites for hydroxylation is 2. The van der Waals surface area contributed by atoms with Gasteiger partial charge in [-0.1, -0.05) is 184 Å². The Labute approximate surface area is 387 Å². The maximum atomic E-state index is 5.48. The van der Waals surface area contributed by atoms with Crippen molar-refractivity contribution in [3.63, 3.8) is 0 Å². The number of pyridine rings is 1. The third-order valence-corrected chi connectivity index (χ3v) is 13.1. The number of fused-ring (bicyclic) bond motifs is 3. The first-order chi connectivity index (χ1) is 32.6. The van der Waals surface area contributed by atoms with Gasteiger partial charge < -0.3 is 4.90 Å². The Bertz CT molecular complexity index is 3400. The first-order valence-corrected chi connectivity index (χ1v) is 23.3. The Balaban J connectivity index is 0.977. The molecular weight excluding hydrogens is 801 g/mol. The molecule has 0 radical (unpaired) electrons. The van der Waals surface area contributed by atoms with Crippen LogP contribution in [0, 0.1) is 0 Å². The summed E-state index contributed by atoms with van der Waals surface area (Å²) in [6.45, 7) is 4.50. The van der Waals surface area contributed by atoms with E-state index in [1.54, 1.807) is 0 Å². The molecule has 0 saturated heterocycles. The van der Waals surface area contributed by atoms with Gasteiger partial charge in [0.05, 0.1) is 11.2 Å². The quantitative estimate of drug-likeness (QED) is 0.130. The first kappa shape index (κ1) is 40.7. The van der Waals surface area contributed by atoms with E-state index in [1.165, 1.54) is 39.1 Å². The number of benzene rings is 8. The number of para-hydroxylation sites is 1. The Hall–Kier alpha value is -8.08. The standard InChI is InChI=1S/C62H50N4/c1-3-43-18-14-15-25-55(43)56-41-40-54(42-44(56)4-2)65(52-36-32-47(33-37-52)45-19-8-5-9-20-45)53-38-34-48(35-39-53)46-28-30-50(31-29-46)62-64-60-57-26-16-17-27-58(57)63-59(49-21-10-6-11-22-49)61(60)66(62)51-23-12-7-13-24-51/h5-12,14-23,25-42H,3-4,13,24H2,1-2H3. The van der Waals surface area contributed by atoms with E-state index in [0.717, 1.165) is 98.5 Å². The monoisotopic (exact) mass is 850 g/mol. The molecule has 0 N–H and O–H groups in total. The second-order valence-corrected chi connectivity index (χ2v) is 17.0. The van der Waals surface area contributed by atoms with E-state index in [1.807, 2.05) is 0 Å². The van der Waals surface area contributed by atoms with Crippen LogP contribution in [0.1, 0.15) is 37.8 Å². The lowest BCUT2D eigenvalue weighted by Gasteiger charge is -2.27. The molecule has 0 fully saturated rings. The maximum Gasteiger partial charge on any atom is 0.145 e. The van der Waals surface area contributed by atoms with Crippen LogP contribution < -0.4 is 4.90 Å². The number of nitrogens with zero attached hydrogens (tertiary/aromatic N) is 4. The fourth-order valence-corrected chi connectivity index (χ4v) is 9.68. The van der Waals surface area contributed by atoms with Crippen molar-refractivity contribution in [2.24, 2.45) is 0 Å². The fourth-order valence-electron chi connectivity index (χ4n) is 9.68. The van der Waals surface area contributed by atoms with Crippen LogP contribution in [-0.2, 0) is 12.8 Å². The summed E-state index contributed by atoms with van der Waals surface area (Å²) in [5, 5.41) is 1.06. The third kappa shape index (κ3) is 7.61. The predicted molar refractivity (Wildman–Crippen MR) is 278 cm³/mol. The average molecular weight is 851 g/mol. The Morgan fingerprint density at radius 1 is 0.485 bits per heavy atom. The molecule has 0 bridgehead atoms. The van der Waals surface area contributed by atoms with Crippen molar-refractivity contribution < 1.29 is 0 Å². The summed E-state index contributed by atoms with van der Waals surface area (Å²) in [6.07, 6.45) is 10.5. The zero-order valence-corrected chi connectivity index (χ0v) is 37.4. The highest BCUT2D eigenvalue weighted by atomic mass is 15.1. The molecule has 2 aromatic heterocycles. The molecule has 4 nitrogen and oxygen atoms in total. The second kappa shape index (κ2) is 17.8.